The van der Waals surface area contributed by atoms with Crippen LogP contribution in [0, 0.1) is 5.41 Å². The van der Waals surface area contributed by atoms with Crippen molar-refractivity contribution in [3.8, 4) is 0 Å². The van der Waals surface area contributed by atoms with Gasteiger partial charge in [-0.15, -0.1) is 24.0 Å². The third-order valence-corrected chi connectivity index (χ3v) is 4.76. The van der Waals surface area contributed by atoms with Gasteiger partial charge in [-0.3, -0.25) is 9.89 Å². The van der Waals surface area contributed by atoms with Crippen LogP contribution in [-0.4, -0.2) is 62.3 Å². The molecule has 2 aliphatic rings. The molecule has 0 saturated carbocycles. The van der Waals surface area contributed by atoms with Gasteiger partial charge >= 0.3 is 0 Å². The first-order chi connectivity index (χ1) is 10.5. The Morgan fingerprint density at radius 3 is 2.35 bits per heavy atom. The van der Waals surface area contributed by atoms with Crippen molar-refractivity contribution in [1.29, 1.82) is 0 Å². The van der Waals surface area contributed by atoms with Gasteiger partial charge in [-0.25, -0.2) is 0 Å². The smallest absolute Gasteiger partial charge is 0.191 e. The molecule has 136 valence electrons. The molecule has 5 nitrogen and oxygen atoms in total. The topological polar surface area (TPSA) is 48.9 Å². The van der Waals surface area contributed by atoms with E-state index in [0.29, 0.717) is 0 Å². The summed E-state index contributed by atoms with van der Waals surface area (Å²) in [5.74, 6) is 0.931. The molecule has 0 aliphatic carbocycles. The van der Waals surface area contributed by atoms with Crippen LogP contribution in [0.4, 0.5) is 0 Å². The summed E-state index contributed by atoms with van der Waals surface area (Å²) in [5, 5.41) is 6.84. The van der Waals surface area contributed by atoms with Gasteiger partial charge in [0.25, 0.3) is 0 Å². The van der Waals surface area contributed by atoms with E-state index in [1.807, 2.05) is 0 Å². The SMILES string of the molecule is CCNC(=NCC(C)(C)N1CCCCC1)NCC1(C)COC1.I. The summed E-state index contributed by atoms with van der Waals surface area (Å²) in [6.45, 7) is 15.7. The predicted octanol–water partition coefficient (Wildman–Crippen LogP) is 2.46. The molecule has 2 N–H and O–H groups in total. The number of hydrogen-bond donors (Lipinski definition) is 2. The first-order valence-electron chi connectivity index (χ1n) is 8.80. The van der Waals surface area contributed by atoms with Crippen LogP contribution in [0.1, 0.15) is 47.0 Å². The quantitative estimate of drug-likeness (QED) is 0.380. The molecule has 0 bridgehead atoms. The van der Waals surface area contributed by atoms with Gasteiger partial charge in [-0.2, -0.15) is 0 Å². The number of hydrogen-bond acceptors (Lipinski definition) is 3. The maximum atomic E-state index is 5.32. The van der Waals surface area contributed by atoms with Crippen molar-refractivity contribution < 1.29 is 4.74 Å². The lowest BCUT2D eigenvalue weighted by atomic mass is 9.89. The Kier molecular flexibility index (Phi) is 8.58. The van der Waals surface area contributed by atoms with E-state index in [1.54, 1.807) is 0 Å². The third-order valence-electron chi connectivity index (χ3n) is 4.76. The maximum Gasteiger partial charge on any atom is 0.191 e. The highest BCUT2D eigenvalue weighted by molar-refractivity contribution is 14.0. The molecule has 2 saturated heterocycles. The Labute approximate surface area is 159 Å². The first kappa shape index (κ1) is 21.0. The lowest BCUT2D eigenvalue weighted by Crippen LogP contribution is -2.52. The average Bonchev–Trinajstić information content (AvgIpc) is 2.49. The molecule has 0 radical (unpaired) electrons. The molecule has 2 aliphatic heterocycles. The Morgan fingerprint density at radius 1 is 1.17 bits per heavy atom. The van der Waals surface area contributed by atoms with Crippen LogP contribution in [0.3, 0.4) is 0 Å². The van der Waals surface area contributed by atoms with Crippen molar-refractivity contribution in [2.75, 3.05) is 45.9 Å². The molecule has 0 spiro atoms. The van der Waals surface area contributed by atoms with Crippen molar-refractivity contribution in [3.05, 3.63) is 0 Å². The average molecular weight is 438 g/mol. The summed E-state index contributed by atoms with van der Waals surface area (Å²) in [6.07, 6.45) is 4.02. The first-order valence-corrected chi connectivity index (χ1v) is 8.80. The number of ether oxygens (including phenoxy) is 1. The van der Waals surface area contributed by atoms with Gasteiger partial charge in [0.2, 0.25) is 0 Å². The summed E-state index contributed by atoms with van der Waals surface area (Å²) in [6, 6.07) is 0. The van der Waals surface area contributed by atoms with Crippen molar-refractivity contribution >= 4 is 29.9 Å². The second-order valence-electron chi connectivity index (χ2n) is 7.71. The second-order valence-corrected chi connectivity index (χ2v) is 7.71. The Bertz CT molecular complexity index is 377. The number of nitrogens with one attached hydrogen (secondary N) is 2. The fourth-order valence-corrected chi connectivity index (χ4v) is 3.06. The van der Waals surface area contributed by atoms with E-state index in [2.05, 4.69) is 43.2 Å². The van der Waals surface area contributed by atoms with Gasteiger partial charge in [0, 0.05) is 24.0 Å². The standard InChI is InChI=1S/C17H34N4O.HI/c1-5-18-15(20-12-17(4)13-22-14-17)19-11-16(2,3)21-9-7-6-8-10-21;/h5-14H2,1-4H3,(H2,18,19,20);1H. The van der Waals surface area contributed by atoms with E-state index in [0.717, 1.165) is 38.8 Å². The molecule has 2 fully saturated rings. The number of aliphatic imine (C=N–C) groups is 1. The number of piperidine rings is 1. The monoisotopic (exact) mass is 438 g/mol. The summed E-state index contributed by atoms with van der Waals surface area (Å²) < 4.78 is 5.32. The summed E-state index contributed by atoms with van der Waals surface area (Å²) >= 11 is 0. The van der Waals surface area contributed by atoms with Gasteiger partial charge in [0.15, 0.2) is 5.96 Å². The number of guanidine groups is 1. The van der Waals surface area contributed by atoms with Crippen LogP contribution >= 0.6 is 24.0 Å². The molecule has 6 heteroatoms. The molecular formula is C17H35IN4O. The van der Waals surface area contributed by atoms with Crippen molar-refractivity contribution in [1.82, 2.24) is 15.5 Å². The Balaban J connectivity index is 0.00000264. The van der Waals surface area contributed by atoms with Crippen LogP contribution in [0.25, 0.3) is 0 Å². The Morgan fingerprint density at radius 2 is 1.83 bits per heavy atom. The molecular weight excluding hydrogens is 403 g/mol. The molecule has 0 atom stereocenters. The van der Waals surface area contributed by atoms with Gasteiger partial charge < -0.3 is 15.4 Å². The second kappa shape index (κ2) is 9.42. The molecule has 2 heterocycles. The third kappa shape index (κ3) is 6.38. The van der Waals surface area contributed by atoms with Crippen LogP contribution in [0.5, 0.6) is 0 Å². The fraction of sp³-hybridized carbons (Fsp3) is 0.941. The highest BCUT2D eigenvalue weighted by Gasteiger charge is 2.33. The minimum Gasteiger partial charge on any atom is -0.380 e. The van der Waals surface area contributed by atoms with Crippen LogP contribution in [-0.2, 0) is 4.74 Å². The molecule has 0 aromatic heterocycles. The van der Waals surface area contributed by atoms with E-state index in [-0.39, 0.29) is 34.9 Å². The number of halogens is 1. The summed E-state index contributed by atoms with van der Waals surface area (Å²) in [5.41, 5.74) is 0.394. The summed E-state index contributed by atoms with van der Waals surface area (Å²) in [7, 11) is 0. The molecule has 0 aromatic carbocycles. The fourth-order valence-electron chi connectivity index (χ4n) is 3.06. The van der Waals surface area contributed by atoms with Crippen molar-refractivity contribution in [2.45, 2.75) is 52.5 Å². The zero-order chi connectivity index (χ0) is 16.1. The highest BCUT2D eigenvalue weighted by atomic mass is 127. The van der Waals surface area contributed by atoms with E-state index < -0.39 is 0 Å². The van der Waals surface area contributed by atoms with Gasteiger partial charge in [-0.1, -0.05) is 13.3 Å². The molecule has 0 amide bonds. The van der Waals surface area contributed by atoms with Crippen LogP contribution < -0.4 is 10.6 Å². The normalized spacial score (nSPS) is 22.0. The van der Waals surface area contributed by atoms with E-state index in [9.17, 15) is 0 Å². The van der Waals surface area contributed by atoms with Gasteiger partial charge in [0.05, 0.1) is 19.8 Å². The summed E-state index contributed by atoms with van der Waals surface area (Å²) in [4.78, 5) is 7.42. The number of rotatable bonds is 6. The lowest BCUT2D eigenvalue weighted by Gasteiger charge is -2.40. The van der Waals surface area contributed by atoms with E-state index in [4.69, 9.17) is 9.73 Å². The molecule has 23 heavy (non-hydrogen) atoms. The zero-order valence-corrected chi connectivity index (χ0v) is 17.6. The Hall–Kier alpha value is -0.0800. The van der Waals surface area contributed by atoms with Crippen molar-refractivity contribution in [2.24, 2.45) is 10.4 Å². The predicted molar refractivity (Wildman–Crippen MR) is 108 cm³/mol. The number of nitrogens with zero attached hydrogens (tertiary/aromatic N) is 2. The van der Waals surface area contributed by atoms with Gasteiger partial charge in [-0.05, 0) is 46.7 Å². The van der Waals surface area contributed by atoms with Crippen LogP contribution in [0.2, 0.25) is 0 Å². The molecule has 2 rings (SSSR count). The lowest BCUT2D eigenvalue weighted by molar-refractivity contribution is -0.0971. The van der Waals surface area contributed by atoms with E-state index >= 15 is 0 Å². The van der Waals surface area contributed by atoms with Gasteiger partial charge in [0.1, 0.15) is 0 Å². The van der Waals surface area contributed by atoms with Crippen molar-refractivity contribution in [3.63, 3.8) is 0 Å². The maximum absolute atomic E-state index is 5.32. The van der Waals surface area contributed by atoms with Crippen LogP contribution in [0.15, 0.2) is 4.99 Å². The highest BCUT2D eigenvalue weighted by Crippen LogP contribution is 2.25. The number of likely N-dealkylation sites (tertiary alicyclic amines) is 1. The van der Waals surface area contributed by atoms with E-state index in [1.165, 1.54) is 32.4 Å². The molecule has 0 aromatic rings. The minimum atomic E-state index is 0. The zero-order valence-electron chi connectivity index (χ0n) is 15.3. The molecule has 0 unspecified atom stereocenters. The largest absolute Gasteiger partial charge is 0.380 e. The minimum absolute atomic E-state index is 0.